The van der Waals surface area contributed by atoms with Crippen molar-refractivity contribution in [3.8, 4) is 0 Å². The second-order valence-electron chi connectivity index (χ2n) is 5.85. The number of rotatable bonds is 4. The predicted molar refractivity (Wildman–Crippen MR) is 82.5 cm³/mol. The van der Waals surface area contributed by atoms with Crippen molar-refractivity contribution >= 4 is 11.0 Å². The second-order valence-corrected chi connectivity index (χ2v) is 5.85. The van der Waals surface area contributed by atoms with Crippen LogP contribution in [0, 0.1) is 5.92 Å². The third kappa shape index (κ3) is 2.83. The van der Waals surface area contributed by atoms with Gasteiger partial charge < -0.3 is 5.32 Å². The molecule has 1 heterocycles. The zero-order chi connectivity index (χ0) is 13.8. The molecule has 1 saturated carbocycles. The van der Waals surface area contributed by atoms with Crippen LogP contribution in [0.1, 0.15) is 50.1 Å². The van der Waals surface area contributed by atoms with Crippen LogP contribution in [-0.4, -0.2) is 17.0 Å². The Labute approximate surface area is 120 Å². The summed E-state index contributed by atoms with van der Waals surface area (Å²) in [5.41, 5.74) is 3.34. The van der Waals surface area contributed by atoms with Gasteiger partial charge in [-0.3, -0.25) is 9.97 Å². The Kier molecular flexibility index (Phi) is 4.26. The van der Waals surface area contributed by atoms with E-state index in [1.165, 1.54) is 44.1 Å². The molecule has 20 heavy (non-hydrogen) atoms. The summed E-state index contributed by atoms with van der Waals surface area (Å²) in [5.74, 6) is 0.855. The minimum atomic E-state index is 0.387. The van der Waals surface area contributed by atoms with Gasteiger partial charge in [-0.2, -0.15) is 0 Å². The van der Waals surface area contributed by atoms with Crippen molar-refractivity contribution in [3.63, 3.8) is 0 Å². The van der Waals surface area contributed by atoms with E-state index in [1.54, 1.807) is 12.4 Å². The quantitative estimate of drug-likeness (QED) is 0.915. The molecule has 1 aliphatic rings. The summed E-state index contributed by atoms with van der Waals surface area (Å²) in [7, 11) is 2.06. The molecule has 1 aromatic carbocycles. The van der Waals surface area contributed by atoms with E-state index in [9.17, 15) is 0 Å². The third-order valence-corrected chi connectivity index (χ3v) is 4.55. The Morgan fingerprint density at radius 2 is 1.95 bits per heavy atom. The van der Waals surface area contributed by atoms with E-state index in [4.69, 9.17) is 0 Å². The first-order valence-corrected chi connectivity index (χ1v) is 7.75. The Morgan fingerprint density at radius 1 is 1.15 bits per heavy atom. The molecule has 1 N–H and O–H groups in total. The third-order valence-electron chi connectivity index (χ3n) is 4.55. The van der Waals surface area contributed by atoms with E-state index < -0.39 is 0 Å². The molecule has 1 aliphatic carbocycles. The van der Waals surface area contributed by atoms with E-state index >= 15 is 0 Å². The summed E-state index contributed by atoms with van der Waals surface area (Å²) in [5, 5.41) is 3.49. The second kappa shape index (κ2) is 6.31. The van der Waals surface area contributed by atoms with Gasteiger partial charge in [-0.25, -0.2) is 0 Å². The van der Waals surface area contributed by atoms with E-state index in [2.05, 4.69) is 34.5 Å². The van der Waals surface area contributed by atoms with E-state index in [0.29, 0.717) is 6.04 Å². The van der Waals surface area contributed by atoms with Gasteiger partial charge in [0.15, 0.2) is 0 Å². The predicted octanol–water partition coefficient (Wildman–Crippen LogP) is 3.86. The topological polar surface area (TPSA) is 37.8 Å². The van der Waals surface area contributed by atoms with Gasteiger partial charge in [-0.05, 0) is 31.0 Å². The largest absolute Gasteiger partial charge is 0.313 e. The van der Waals surface area contributed by atoms with Gasteiger partial charge in [0.25, 0.3) is 0 Å². The number of nitrogens with one attached hydrogen (secondary N) is 1. The molecular formula is C17H23N3. The lowest BCUT2D eigenvalue weighted by Gasteiger charge is -2.27. The first-order valence-electron chi connectivity index (χ1n) is 7.75. The van der Waals surface area contributed by atoms with Crippen LogP contribution in [0.3, 0.4) is 0 Å². The highest BCUT2D eigenvalue weighted by Gasteiger charge is 2.20. The molecule has 0 aliphatic heterocycles. The summed E-state index contributed by atoms with van der Waals surface area (Å²) in [6, 6.07) is 6.72. The fourth-order valence-electron chi connectivity index (χ4n) is 3.45. The zero-order valence-corrected chi connectivity index (χ0v) is 12.2. The maximum Gasteiger partial charge on any atom is 0.0934 e. The van der Waals surface area contributed by atoms with Crippen molar-refractivity contribution in [1.82, 2.24) is 15.3 Å². The molecule has 3 nitrogen and oxygen atoms in total. The molecule has 1 aromatic heterocycles. The molecule has 2 aromatic rings. The lowest BCUT2D eigenvalue weighted by atomic mass is 9.83. The van der Waals surface area contributed by atoms with Crippen molar-refractivity contribution in [2.45, 2.75) is 44.6 Å². The molecule has 0 spiro atoms. The fourth-order valence-corrected chi connectivity index (χ4v) is 3.45. The number of fused-ring (bicyclic) bond motifs is 1. The van der Waals surface area contributed by atoms with Crippen LogP contribution >= 0.6 is 0 Å². The highest BCUT2D eigenvalue weighted by Crippen LogP contribution is 2.33. The standard InChI is InChI=1S/C17H23N3/c1-18-16(12-13-6-3-2-4-7-13)14-8-5-9-15-17(14)20-11-10-19-15/h5,8-11,13,16,18H,2-4,6-7,12H2,1H3. The Hall–Kier alpha value is -1.48. The van der Waals surface area contributed by atoms with Crippen molar-refractivity contribution in [3.05, 3.63) is 36.2 Å². The molecule has 0 saturated heterocycles. The van der Waals surface area contributed by atoms with Gasteiger partial charge in [-0.1, -0.05) is 44.2 Å². The van der Waals surface area contributed by atoms with Crippen LogP contribution in [0.15, 0.2) is 30.6 Å². The van der Waals surface area contributed by atoms with Crippen LogP contribution in [0.2, 0.25) is 0 Å². The van der Waals surface area contributed by atoms with E-state index in [-0.39, 0.29) is 0 Å². The molecular weight excluding hydrogens is 246 g/mol. The SMILES string of the molecule is CNC(CC1CCCCC1)c1cccc2nccnc12. The van der Waals surface area contributed by atoms with Gasteiger partial charge in [0.1, 0.15) is 0 Å². The number of nitrogens with zero attached hydrogens (tertiary/aromatic N) is 2. The van der Waals surface area contributed by atoms with Crippen LogP contribution in [0.4, 0.5) is 0 Å². The normalized spacial score (nSPS) is 18.2. The van der Waals surface area contributed by atoms with Gasteiger partial charge in [0.05, 0.1) is 11.0 Å². The average molecular weight is 269 g/mol. The Bertz CT molecular complexity index is 556. The smallest absolute Gasteiger partial charge is 0.0934 e. The van der Waals surface area contributed by atoms with Crippen LogP contribution in [0.25, 0.3) is 11.0 Å². The highest BCUT2D eigenvalue weighted by molar-refractivity contribution is 5.78. The summed E-state index contributed by atoms with van der Waals surface area (Å²) < 4.78 is 0. The van der Waals surface area contributed by atoms with Crippen LogP contribution in [-0.2, 0) is 0 Å². The van der Waals surface area contributed by atoms with Gasteiger partial charge >= 0.3 is 0 Å². The summed E-state index contributed by atoms with van der Waals surface area (Å²) in [4.78, 5) is 8.96. The number of para-hydroxylation sites is 1. The molecule has 0 radical (unpaired) electrons. The van der Waals surface area contributed by atoms with Crippen LogP contribution < -0.4 is 5.32 Å². The summed E-state index contributed by atoms with van der Waals surface area (Å²) >= 11 is 0. The first-order chi connectivity index (χ1) is 9.88. The monoisotopic (exact) mass is 269 g/mol. The van der Waals surface area contributed by atoms with Crippen molar-refractivity contribution in [2.24, 2.45) is 5.92 Å². The average Bonchev–Trinajstić information content (AvgIpc) is 2.53. The number of hydrogen-bond donors (Lipinski definition) is 1. The van der Waals surface area contributed by atoms with Crippen molar-refractivity contribution in [2.75, 3.05) is 7.05 Å². The molecule has 1 atom stereocenters. The van der Waals surface area contributed by atoms with E-state index in [0.717, 1.165) is 17.0 Å². The number of aromatic nitrogens is 2. The number of hydrogen-bond acceptors (Lipinski definition) is 3. The summed E-state index contributed by atoms with van der Waals surface area (Å²) in [6.45, 7) is 0. The molecule has 0 amide bonds. The zero-order valence-electron chi connectivity index (χ0n) is 12.2. The highest BCUT2D eigenvalue weighted by atomic mass is 14.9. The minimum absolute atomic E-state index is 0.387. The lowest BCUT2D eigenvalue weighted by molar-refractivity contribution is 0.306. The van der Waals surface area contributed by atoms with Crippen molar-refractivity contribution in [1.29, 1.82) is 0 Å². The molecule has 3 heteroatoms. The number of benzene rings is 1. The molecule has 106 valence electrons. The first kappa shape index (κ1) is 13.5. The fraction of sp³-hybridized carbons (Fsp3) is 0.529. The Morgan fingerprint density at radius 3 is 2.75 bits per heavy atom. The molecule has 0 bridgehead atoms. The Balaban J connectivity index is 1.86. The summed E-state index contributed by atoms with van der Waals surface area (Å²) in [6.07, 6.45) is 11.8. The van der Waals surface area contributed by atoms with Crippen LogP contribution in [0.5, 0.6) is 0 Å². The van der Waals surface area contributed by atoms with E-state index in [1.807, 2.05) is 6.07 Å². The lowest BCUT2D eigenvalue weighted by Crippen LogP contribution is -2.21. The maximum atomic E-state index is 4.54. The molecule has 3 rings (SSSR count). The van der Waals surface area contributed by atoms with Gasteiger partial charge in [0, 0.05) is 18.4 Å². The van der Waals surface area contributed by atoms with Crippen molar-refractivity contribution < 1.29 is 0 Å². The maximum absolute atomic E-state index is 4.54. The van der Waals surface area contributed by atoms with Gasteiger partial charge in [-0.15, -0.1) is 0 Å². The van der Waals surface area contributed by atoms with Gasteiger partial charge in [0.2, 0.25) is 0 Å². The molecule has 1 unspecified atom stereocenters. The minimum Gasteiger partial charge on any atom is -0.313 e. The molecule has 1 fully saturated rings.